The highest BCUT2D eigenvalue weighted by Crippen LogP contribution is 2.23. The molecule has 4 N–H and O–H groups in total. The standard InChI is InChI=1S/C15H20N4O/c1-10(2)19(7-8-20)14-9-12(15(16)17)11-5-3-4-6-13(11)18-14/h3-6,9-10,20H,7-8H2,1-2H3,(H3,16,17). The second-order valence-electron chi connectivity index (χ2n) is 4.97. The quantitative estimate of drug-likeness (QED) is 0.571. The molecular weight excluding hydrogens is 252 g/mol. The molecule has 0 amide bonds. The largest absolute Gasteiger partial charge is 0.395 e. The fourth-order valence-corrected chi connectivity index (χ4v) is 2.28. The fourth-order valence-electron chi connectivity index (χ4n) is 2.28. The number of rotatable bonds is 5. The van der Waals surface area contributed by atoms with Gasteiger partial charge in [-0.1, -0.05) is 18.2 Å². The molecular formula is C15H20N4O. The summed E-state index contributed by atoms with van der Waals surface area (Å²) in [5.41, 5.74) is 7.17. The van der Waals surface area contributed by atoms with E-state index in [1.807, 2.05) is 49.1 Å². The molecule has 0 radical (unpaired) electrons. The molecule has 0 unspecified atom stereocenters. The smallest absolute Gasteiger partial charge is 0.130 e. The summed E-state index contributed by atoms with van der Waals surface area (Å²) < 4.78 is 0. The van der Waals surface area contributed by atoms with Gasteiger partial charge < -0.3 is 15.7 Å². The first kappa shape index (κ1) is 14.3. The van der Waals surface area contributed by atoms with Crippen LogP contribution >= 0.6 is 0 Å². The van der Waals surface area contributed by atoms with Gasteiger partial charge in [0.25, 0.3) is 0 Å². The SMILES string of the molecule is CC(C)N(CCO)c1cc(C(=N)N)c2ccccc2n1. The molecule has 0 aliphatic heterocycles. The van der Waals surface area contributed by atoms with Gasteiger partial charge >= 0.3 is 0 Å². The average molecular weight is 272 g/mol. The number of hydrogen-bond acceptors (Lipinski definition) is 4. The third kappa shape index (κ3) is 2.72. The van der Waals surface area contributed by atoms with Gasteiger partial charge in [0.1, 0.15) is 11.7 Å². The molecule has 0 saturated carbocycles. The Morgan fingerprint density at radius 2 is 2.10 bits per heavy atom. The van der Waals surface area contributed by atoms with Crippen LogP contribution in [0.2, 0.25) is 0 Å². The maximum Gasteiger partial charge on any atom is 0.130 e. The number of para-hydroxylation sites is 1. The van der Waals surface area contributed by atoms with Crippen molar-refractivity contribution in [3.8, 4) is 0 Å². The van der Waals surface area contributed by atoms with Gasteiger partial charge in [-0.2, -0.15) is 0 Å². The van der Waals surface area contributed by atoms with E-state index in [0.29, 0.717) is 12.1 Å². The Morgan fingerprint density at radius 3 is 2.70 bits per heavy atom. The molecule has 0 fully saturated rings. The van der Waals surface area contributed by atoms with Gasteiger partial charge in [-0.05, 0) is 26.0 Å². The number of nitrogens with zero attached hydrogens (tertiary/aromatic N) is 2. The van der Waals surface area contributed by atoms with Crippen molar-refractivity contribution in [3.63, 3.8) is 0 Å². The average Bonchev–Trinajstić information content (AvgIpc) is 2.43. The van der Waals surface area contributed by atoms with Crippen molar-refractivity contribution in [2.75, 3.05) is 18.1 Å². The molecule has 5 nitrogen and oxygen atoms in total. The van der Waals surface area contributed by atoms with Gasteiger partial charge in [0.2, 0.25) is 0 Å². The van der Waals surface area contributed by atoms with Crippen LogP contribution in [0.25, 0.3) is 10.9 Å². The lowest BCUT2D eigenvalue weighted by atomic mass is 10.1. The molecule has 106 valence electrons. The first-order valence-corrected chi connectivity index (χ1v) is 6.66. The molecule has 0 atom stereocenters. The van der Waals surface area contributed by atoms with E-state index >= 15 is 0 Å². The van der Waals surface area contributed by atoms with Crippen LogP contribution in [0.15, 0.2) is 30.3 Å². The van der Waals surface area contributed by atoms with Crippen molar-refractivity contribution < 1.29 is 5.11 Å². The lowest BCUT2D eigenvalue weighted by Crippen LogP contribution is -2.34. The Kier molecular flexibility index (Phi) is 4.20. The van der Waals surface area contributed by atoms with Crippen LogP contribution in [-0.4, -0.2) is 35.1 Å². The minimum atomic E-state index is 0.0255. The number of aliphatic hydroxyl groups is 1. The predicted molar refractivity (Wildman–Crippen MR) is 82.3 cm³/mol. The van der Waals surface area contributed by atoms with Crippen LogP contribution in [-0.2, 0) is 0 Å². The normalized spacial score (nSPS) is 11.0. The molecule has 2 aromatic rings. The number of benzene rings is 1. The molecule has 0 bridgehead atoms. The molecule has 1 aromatic carbocycles. The van der Waals surface area contributed by atoms with E-state index < -0.39 is 0 Å². The molecule has 5 heteroatoms. The van der Waals surface area contributed by atoms with Gasteiger partial charge in [0, 0.05) is 23.5 Å². The van der Waals surface area contributed by atoms with Crippen molar-refractivity contribution in [2.24, 2.45) is 5.73 Å². The number of nitrogen functional groups attached to an aromatic ring is 1. The van der Waals surface area contributed by atoms with Crippen molar-refractivity contribution in [1.29, 1.82) is 5.41 Å². The van der Waals surface area contributed by atoms with Gasteiger partial charge in [0.15, 0.2) is 0 Å². The minimum absolute atomic E-state index is 0.0255. The third-order valence-corrected chi connectivity index (χ3v) is 3.25. The van der Waals surface area contributed by atoms with E-state index in [4.69, 9.17) is 11.1 Å². The number of fused-ring (bicyclic) bond motifs is 1. The Labute approximate surface area is 118 Å². The van der Waals surface area contributed by atoms with Crippen molar-refractivity contribution in [1.82, 2.24) is 4.98 Å². The zero-order chi connectivity index (χ0) is 14.7. The number of pyridine rings is 1. The van der Waals surface area contributed by atoms with Crippen LogP contribution in [0.5, 0.6) is 0 Å². The lowest BCUT2D eigenvalue weighted by Gasteiger charge is -2.27. The molecule has 2 rings (SSSR count). The summed E-state index contributed by atoms with van der Waals surface area (Å²) in [6.45, 7) is 4.64. The summed E-state index contributed by atoms with van der Waals surface area (Å²) in [5.74, 6) is 0.760. The van der Waals surface area contributed by atoms with Gasteiger partial charge in [-0.25, -0.2) is 4.98 Å². The summed E-state index contributed by atoms with van der Waals surface area (Å²) in [6, 6.07) is 9.66. The van der Waals surface area contributed by atoms with Crippen molar-refractivity contribution >= 4 is 22.6 Å². The van der Waals surface area contributed by atoms with E-state index in [2.05, 4.69) is 4.98 Å². The summed E-state index contributed by atoms with van der Waals surface area (Å²) in [4.78, 5) is 6.62. The maximum absolute atomic E-state index is 9.20. The molecule has 0 aliphatic carbocycles. The summed E-state index contributed by atoms with van der Waals surface area (Å²) in [7, 11) is 0. The topological polar surface area (TPSA) is 86.2 Å². The molecule has 0 spiro atoms. The number of hydrogen-bond donors (Lipinski definition) is 3. The van der Waals surface area contributed by atoms with Crippen molar-refractivity contribution in [3.05, 3.63) is 35.9 Å². The number of anilines is 1. The first-order chi connectivity index (χ1) is 9.54. The monoisotopic (exact) mass is 272 g/mol. The number of aliphatic hydroxyl groups excluding tert-OH is 1. The van der Waals surface area contributed by atoms with Crippen LogP contribution in [0.3, 0.4) is 0 Å². The summed E-state index contributed by atoms with van der Waals surface area (Å²) in [6.07, 6.45) is 0. The Bertz CT molecular complexity index is 624. The third-order valence-electron chi connectivity index (χ3n) is 3.25. The number of amidine groups is 1. The summed E-state index contributed by atoms with van der Waals surface area (Å²) in [5, 5.41) is 17.8. The Balaban J connectivity index is 2.62. The van der Waals surface area contributed by atoms with Crippen molar-refractivity contribution in [2.45, 2.75) is 19.9 Å². The van der Waals surface area contributed by atoms with E-state index in [0.717, 1.165) is 16.7 Å². The molecule has 1 heterocycles. The second kappa shape index (κ2) is 5.88. The van der Waals surface area contributed by atoms with E-state index in [-0.39, 0.29) is 18.5 Å². The second-order valence-corrected chi connectivity index (χ2v) is 4.97. The minimum Gasteiger partial charge on any atom is -0.395 e. The highest BCUT2D eigenvalue weighted by atomic mass is 16.3. The van der Waals surface area contributed by atoms with E-state index in [1.54, 1.807) is 0 Å². The highest BCUT2D eigenvalue weighted by Gasteiger charge is 2.15. The molecule has 0 aliphatic rings. The van der Waals surface area contributed by atoms with Crippen LogP contribution in [0.4, 0.5) is 5.82 Å². The molecule has 20 heavy (non-hydrogen) atoms. The van der Waals surface area contributed by atoms with Gasteiger partial charge in [-0.3, -0.25) is 5.41 Å². The Hall–Kier alpha value is -2.14. The number of nitrogens with two attached hydrogens (primary N) is 1. The highest BCUT2D eigenvalue weighted by molar-refractivity contribution is 6.07. The van der Waals surface area contributed by atoms with Crippen LogP contribution < -0.4 is 10.6 Å². The number of nitrogens with one attached hydrogen (secondary N) is 1. The molecule has 0 saturated heterocycles. The first-order valence-electron chi connectivity index (χ1n) is 6.66. The zero-order valence-electron chi connectivity index (χ0n) is 11.8. The molecule has 1 aromatic heterocycles. The van der Waals surface area contributed by atoms with Crippen LogP contribution in [0.1, 0.15) is 19.4 Å². The van der Waals surface area contributed by atoms with Gasteiger partial charge in [0.05, 0.1) is 12.1 Å². The Morgan fingerprint density at radius 1 is 1.40 bits per heavy atom. The maximum atomic E-state index is 9.20. The zero-order valence-corrected chi connectivity index (χ0v) is 11.8. The van der Waals surface area contributed by atoms with Crippen LogP contribution in [0, 0.1) is 5.41 Å². The van der Waals surface area contributed by atoms with E-state index in [1.165, 1.54) is 0 Å². The number of aromatic nitrogens is 1. The predicted octanol–water partition coefficient (Wildman–Crippen LogP) is 1.73. The van der Waals surface area contributed by atoms with E-state index in [9.17, 15) is 5.11 Å². The fraction of sp³-hybridized carbons (Fsp3) is 0.333. The van der Waals surface area contributed by atoms with Gasteiger partial charge in [-0.15, -0.1) is 0 Å². The summed E-state index contributed by atoms with van der Waals surface area (Å²) >= 11 is 0. The lowest BCUT2D eigenvalue weighted by molar-refractivity contribution is 0.298.